The van der Waals surface area contributed by atoms with Gasteiger partial charge < -0.3 is 11.1 Å². The van der Waals surface area contributed by atoms with E-state index in [1.807, 2.05) is 6.92 Å². The van der Waals surface area contributed by atoms with Crippen LogP contribution in [0.2, 0.25) is 0 Å². The number of thioether (sulfide) groups is 1. The van der Waals surface area contributed by atoms with Crippen molar-refractivity contribution in [2.24, 2.45) is 0 Å². The lowest BCUT2D eigenvalue weighted by molar-refractivity contribution is 0.0953. The molecule has 0 fully saturated rings. The van der Waals surface area contributed by atoms with E-state index in [2.05, 4.69) is 16.6 Å². The lowest BCUT2D eigenvalue weighted by Crippen LogP contribution is -2.25. The van der Waals surface area contributed by atoms with Gasteiger partial charge in [0.25, 0.3) is 5.91 Å². The van der Waals surface area contributed by atoms with Crippen molar-refractivity contribution in [3.05, 3.63) is 23.4 Å². The van der Waals surface area contributed by atoms with Crippen LogP contribution in [-0.4, -0.2) is 29.4 Å². The Kier molecular flexibility index (Phi) is 5.11. The maximum absolute atomic E-state index is 11.7. The van der Waals surface area contributed by atoms with E-state index in [1.165, 1.54) is 0 Å². The summed E-state index contributed by atoms with van der Waals surface area (Å²) in [6.45, 7) is 2.52. The van der Waals surface area contributed by atoms with Crippen LogP contribution >= 0.6 is 11.8 Å². The Labute approximate surface area is 100 Å². The standard InChI is InChI=1S/C11H17N3OS/c1-8-6-9(7-10(12)14-8)11(15)13-4-3-5-16-2/h6-7H,3-5H2,1-2H3,(H2,12,14)(H,13,15). The van der Waals surface area contributed by atoms with Crippen molar-refractivity contribution in [2.75, 3.05) is 24.3 Å². The average molecular weight is 239 g/mol. The first-order valence-corrected chi connectivity index (χ1v) is 6.54. The molecule has 0 spiro atoms. The molecule has 16 heavy (non-hydrogen) atoms. The minimum Gasteiger partial charge on any atom is -0.384 e. The number of nitrogens with one attached hydrogen (secondary N) is 1. The summed E-state index contributed by atoms with van der Waals surface area (Å²) in [4.78, 5) is 15.7. The Bertz CT molecular complexity index is 348. The van der Waals surface area contributed by atoms with Gasteiger partial charge in [0.2, 0.25) is 0 Å². The van der Waals surface area contributed by atoms with Crippen molar-refractivity contribution >= 4 is 23.5 Å². The lowest BCUT2D eigenvalue weighted by Gasteiger charge is -2.06. The van der Waals surface area contributed by atoms with E-state index < -0.39 is 0 Å². The number of nitrogens with zero attached hydrogens (tertiary/aromatic N) is 1. The minimum atomic E-state index is -0.0849. The van der Waals surface area contributed by atoms with E-state index >= 15 is 0 Å². The van der Waals surface area contributed by atoms with Gasteiger partial charge in [0, 0.05) is 17.8 Å². The molecule has 4 nitrogen and oxygen atoms in total. The maximum atomic E-state index is 11.7. The first-order valence-electron chi connectivity index (χ1n) is 5.15. The summed E-state index contributed by atoms with van der Waals surface area (Å²) >= 11 is 1.77. The van der Waals surface area contributed by atoms with Gasteiger partial charge in [-0.3, -0.25) is 4.79 Å². The molecule has 3 N–H and O–H groups in total. The summed E-state index contributed by atoms with van der Waals surface area (Å²) in [6, 6.07) is 3.33. The van der Waals surface area contributed by atoms with Gasteiger partial charge >= 0.3 is 0 Å². The fraction of sp³-hybridized carbons (Fsp3) is 0.455. The molecule has 0 radical (unpaired) electrons. The zero-order valence-corrected chi connectivity index (χ0v) is 10.4. The van der Waals surface area contributed by atoms with Gasteiger partial charge in [-0.15, -0.1) is 0 Å². The molecule has 0 aliphatic carbocycles. The average Bonchev–Trinajstić information content (AvgIpc) is 2.22. The van der Waals surface area contributed by atoms with Crippen LogP contribution in [0, 0.1) is 6.92 Å². The molecule has 0 saturated heterocycles. The van der Waals surface area contributed by atoms with Gasteiger partial charge in [0.1, 0.15) is 5.82 Å². The number of anilines is 1. The predicted molar refractivity (Wildman–Crippen MR) is 68.7 cm³/mol. The van der Waals surface area contributed by atoms with E-state index in [4.69, 9.17) is 5.73 Å². The maximum Gasteiger partial charge on any atom is 0.251 e. The van der Waals surface area contributed by atoms with Crippen molar-refractivity contribution in [3.8, 4) is 0 Å². The fourth-order valence-electron chi connectivity index (χ4n) is 1.35. The number of nitrogens with two attached hydrogens (primary N) is 1. The molecule has 1 heterocycles. The summed E-state index contributed by atoms with van der Waals surface area (Å²) in [7, 11) is 0. The molecule has 0 atom stereocenters. The fourth-order valence-corrected chi connectivity index (χ4v) is 1.78. The predicted octanol–water partition coefficient (Wildman–Crippen LogP) is 1.46. The van der Waals surface area contributed by atoms with Gasteiger partial charge in [-0.25, -0.2) is 4.98 Å². The molecular formula is C11H17N3OS. The first kappa shape index (κ1) is 12.8. The van der Waals surface area contributed by atoms with E-state index in [0.717, 1.165) is 17.9 Å². The van der Waals surface area contributed by atoms with Crippen LogP contribution in [0.3, 0.4) is 0 Å². The number of hydrogen-bond acceptors (Lipinski definition) is 4. The molecule has 1 aromatic rings. The summed E-state index contributed by atoms with van der Waals surface area (Å²) < 4.78 is 0. The highest BCUT2D eigenvalue weighted by molar-refractivity contribution is 7.98. The van der Waals surface area contributed by atoms with Gasteiger partial charge in [-0.2, -0.15) is 11.8 Å². The molecule has 0 aliphatic heterocycles. The highest BCUT2D eigenvalue weighted by Gasteiger charge is 2.06. The van der Waals surface area contributed by atoms with Crippen molar-refractivity contribution in [2.45, 2.75) is 13.3 Å². The number of hydrogen-bond donors (Lipinski definition) is 2. The highest BCUT2D eigenvalue weighted by atomic mass is 32.2. The van der Waals surface area contributed by atoms with E-state index in [0.29, 0.717) is 17.9 Å². The summed E-state index contributed by atoms with van der Waals surface area (Å²) in [6.07, 6.45) is 3.03. The van der Waals surface area contributed by atoms with Gasteiger partial charge in [0.15, 0.2) is 0 Å². The Morgan fingerprint density at radius 2 is 2.31 bits per heavy atom. The molecule has 0 aliphatic rings. The molecule has 1 rings (SSSR count). The molecule has 0 aromatic carbocycles. The zero-order valence-electron chi connectivity index (χ0n) is 9.62. The van der Waals surface area contributed by atoms with Crippen LogP contribution in [0.4, 0.5) is 5.82 Å². The third-order valence-corrected chi connectivity index (χ3v) is 2.74. The third-order valence-electron chi connectivity index (χ3n) is 2.05. The third kappa shape index (κ3) is 4.10. The molecule has 0 saturated carbocycles. The second kappa shape index (κ2) is 6.37. The lowest BCUT2D eigenvalue weighted by atomic mass is 10.2. The first-order chi connectivity index (χ1) is 7.63. The molecule has 1 aromatic heterocycles. The summed E-state index contributed by atoms with van der Waals surface area (Å²) in [5.41, 5.74) is 6.92. The smallest absolute Gasteiger partial charge is 0.251 e. The summed E-state index contributed by atoms with van der Waals surface area (Å²) in [5, 5.41) is 2.85. The highest BCUT2D eigenvalue weighted by Crippen LogP contribution is 2.06. The number of carbonyl (C=O) groups excluding carboxylic acids is 1. The van der Waals surface area contributed by atoms with Crippen LogP contribution in [0.25, 0.3) is 0 Å². The Hall–Kier alpha value is -1.23. The molecular weight excluding hydrogens is 222 g/mol. The molecule has 0 bridgehead atoms. The SMILES string of the molecule is CSCCCNC(=O)c1cc(C)nc(N)c1. The van der Waals surface area contributed by atoms with Gasteiger partial charge in [0.05, 0.1) is 0 Å². The largest absolute Gasteiger partial charge is 0.384 e. The van der Waals surface area contributed by atoms with Gasteiger partial charge in [-0.05, 0) is 37.5 Å². The second-order valence-electron chi connectivity index (χ2n) is 3.52. The molecule has 5 heteroatoms. The van der Waals surface area contributed by atoms with E-state index in [9.17, 15) is 4.79 Å². The topological polar surface area (TPSA) is 68.0 Å². The monoisotopic (exact) mass is 239 g/mol. The number of aryl methyl sites for hydroxylation is 1. The number of pyridine rings is 1. The van der Waals surface area contributed by atoms with Crippen molar-refractivity contribution in [3.63, 3.8) is 0 Å². The number of amides is 1. The Morgan fingerprint density at radius 3 is 2.94 bits per heavy atom. The van der Waals surface area contributed by atoms with Crippen molar-refractivity contribution in [1.29, 1.82) is 0 Å². The van der Waals surface area contributed by atoms with Crippen LogP contribution in [0.1, 0.15) is 22.5 Å². The second-order valence-corrected chi connectivity index (χ2v) is 4.51. The van der Waals surface area contributed by atoms with Crippen LogP contribution in [0.15, 0.2) is 12.1 Å². The van der Waals surface area contributed by atoms with Crippen LogP contribution in [-0.2, 0) is 0 Å². The quantitative estimate of drug-likeness (QED) is 0.763. The van der Waals surface area contributed by atoms with E-state index in [1.54, 1.807) is 23.9 Å². The van der Waals surface area contributed by atoms with Crippen molar-refractivity contribution in [1.82, 2.24) is 10.3 Å². The molecule has 88 valence electrons. The molecule has 1 amide bonds. The Morgan fingerprint density at radius 1 is 1.56 bits per heavy atom. The van der Waals surface area contributed by atoms with Gasteiger partial charge in [-0.1, -0.05) is 0 Å². The summed E-state index contributed by atoms with van der Waals surface area (Å²) in [5.74, 6) is 1.35. The minimum absolute atomic E-state index is 0.0849. The number of carbonyl (C=O) groups is 1. The van der Waals surface area contributed by atoms with E-state index in [-0.39, 0.29) is 5.91 Å². The number of aromatic nitrogens is 1. The van der Waals surface area contributed by atoms with Crippen molar-refractivity contribution < 1.29 is 4.79 Å². The number of rotatable bonds is 5. The normalized spacial score (nSPS) is 10.1. The van der Waals surface area contributed by atoms with Crippen LogP contribution in [0.5, 0.6) is 0 Å². The molecule has 0 unspecified atom stereocenters. The zero-order chi connectivity index (χ0) is 12.0. The Balaban J connectivity index is 2.52. The van der Waals surface area contributed by atoms with Crippen LogP contribution < -0.4 is 11.1 Å². The number of nitrogen functional groups attached to an aromatic ring is 1.